The number of carboxylic acids is 2. The summed E-state index contributed by atoms with van der Waals surface area (Å²) in [6, 6.07) is 8.03. The number of aliphatic carboxylic acids is 2. The second-order valence-electron chi connectivity index (χ2n) is 9.26. The first-order valence-electron chi connectivity index (χ1n) is 12.0. The number of nitrogens with two attached hydrogens (primary N) is 1. The second-order valence-corrected chi connectivity index (χ2v) is 9.26. The number of hydrogen-bond acceptors (Lipinski definition) is 8. The minimum absolute atomic E-state index is 0.0192. The SMILES string of the molecule is COC(=O)C(C)C1CN(CC(=O)O)CCC1N1CCNCC1c1ccc(C(=N)N)cc1.O=C(O)C(F)(F)F. The van der Waals surface area contributed by atoms with E-state index in [0.29, 0.717) is 18.7 Å². The maximum Gasteiger partial charge on any atom is 0.490 e. The maximum atomic E-state index is 12.4. The van der Waals surface area contributed by atoms with Crippen molar-refractivity contribution in [2.24, 2.45) is 17.6 Å². The van der Waals surface area contributed by atoms with E-state index in [-0.39, 0.29) is 42.3 Å². The standard InChI is InChI=1S/C22H33N5O4.C2HF3O2/c1-14(22(30)31-2)17-12-26(13-20(28)29)9-7-18(17)27-10-8-25-11-19(27)15-3-5-16(6-4-15)21(23)24;3-2(4,5)1(6)7/h3-6,14,17-19,25H,7-13H2,1-2H3,(H3,23,24)(H,28,29);(H,6,7). The highest BCUT2D eigenvalue weighted by atomic mass is 19.4. The fraction of sp³-hybridized carbons (Fsp3) is 0.583. The zero-order chi connectivity index (χ0) is 28.6. The molecule has 212 valence electrons. The van der Waals surface area contributed by atoms with E-state index in [1.807, 2.05) is 36.1 Å². The highest BCUT2D eigenvalue weighted by Crippen LogP contribution is 2.35. The maximum absolute atomic E-state index is 12.4. The van der Waals surface area contributed by atoms with Gasteiger partial charge >= 0.3 is 24.1 Å². The predicted octanol–water partition coefficient (Wildman–Crippen LogP) is 1.13. The van der Waals surface area contributed by atoms with Gasteiger partial charge in [0.25, 0.3) is 0 Å². The lowest BCUT2D eigenvalue weighted by Crippen LogP contribution is -2.59. The van der Waals surface area contributed by atoms with Crippen molar-refractivity contribution in [2.45, 2.75) is 31.6 Å². The number of esters is 1. The molecule has 1 aromatic rings. The molecule has 2 heterocycles. The van der Waals surface area contributed by atoms with Gasteiger partial charge in [0.15, 0.2) is 0 Å². The van der Waals surface area contributed by atoms with E-state index < -0.39 is 18.1 Å². The average Bonchev–Trinajstić information content (AvgIpc) is 2.87. The monoisotopic (exact) mass is 545 g/mol. The number of hydrogen-bond donors (Lipinski definition) is 5. The molecule has 0 bridgehead atoms. The van der Waals surface area contributed by atoms with Gasteiger partial charge in [-0.05, 0) is 12.0 Å². The number of nitrogen functional groups attached to an aromatic ring is 1. The average molecular weight is 546 g/mol. The lowest BCUT2D eigenvalue weighted by atomic mass is 9.80. The summed E-state index contributed by atoms with van der Waals surface area (Å²) < 4.78 is 36.8. The third kappa shape index (κ3) is 8.39. The fourth-order valence-corrected chi connectivity index (χ4v) is 4.95. The topological polar surface area (TPSA) is 169 Å². The van der Waals surface area contributed by atoms with Crippen molar-refractivity contribution < 1.29 is 42.5 Å². The molecule has 2 aliphatic rings. The Bertz CT molecular complexity index is 991. The number of piperidine rings is 1. The molecule has 1 aromatic carbocycles. The molecule has 6 N–H and O–H groups in total. The summed E-state index contributed by atoms with van der Waals surface area (Å²) in [6.45, 7) is 5.58. The lowest BCUT2D eigenvalue weighted by molar-refractivity contribution is -0.192. The van der Waals surface area contributed by atoms with Crippen molar-refractivity contribution in [1.29, 1.82) is 5.41 Å². The summed E-state index contributed by atoms with van der Waals surface area (Å²) in [4.78, 5) is 36.9. The Labute approximate surface area is 218 Å². The van der Waals surface area contributed by atoms with Crippen LogP contribution in [0.2, 0.25) is 0 Å². The molecule has 14 heteroatoms. The van der Waals surface area contributed by atoms with Gasteiger partial charge in [-0.1, -0.05) is 31.2 Å². The summed E-state index contributed by atoms with van der Waals surface area (Å²) in [7, 11) is 1.40. The molecule has 3 rings (SSSR count). The van der Waals surface area contributed by atoms with Crippen LogP contribution < -0.4 is 11.1 Å². The molecule has 0 saturated carbocycles. The van der Waals surface area contributed by atoms with Crippen LogP contribution in [0.25, 0.3) is 0 Å². The van der Waals surface area contributed by atoms with Crippen LogP contribution in [0.1, 0.15) is 30.5 Å². The Balaban J connectivity index is 0.000000638. The summed E-state index contributed by atoms with van der Waals surface area (Å²) >= 11 is 0. The first-order valence-corrected chi connectivity index (χ1v) is 12.0. The van der Waals surface area contributed by atoms with E-state index in [2.05, 4.69) is 10.2 Å². The van der Waals surface area contributed by atoms with Crippen LogP contribution in [0.4, 0.5) is 13.2 Å². The number of likely N-dealkylation sites (tertiary alicyclic amines) is 1. The Morgan fingerprint density at radius 1 is 1.21 bits per heavy atom. The Hall–Kier alpha value is -3.23. The first-order chi connectivity index (χ1) is 17.8. The molecule has 4 atom stereocenters. The molecule has 38 heavy (non-hydrogen) atoms. The lowest BCUT2D eigenvalue weighted by Gasteiger charge is -2.49. The van der Waals surface area contributed by atoms with Crippen molar-refractivity contribution >= 4 is 23.7 Å². The van der Waals surface area contributed by atoms with Gasteiger partial charge in [-0.15, -0.1) is 0 Å². The normalized spacial score (nSPS) is 23.4. The Morgan fingerprint density at radius 2 is 1.82 bits per heavy atom. The van der Waals surface area contributed by atoms with Crippen LogP contribution in [0.5, 0.6) is 0 Å². The fourth-order valence-electron chi connectivity index (χ4n) is 4.95. The molecule has 11 nitrogen and oxygen atoms in total. The minimum Gasteiger partial charge on any atom is -0.480 e. The molecular formula is C24H34F3N5O6. The quantitative estimate of drug-likeness (QED) is 0.190. The van der Waals surface area contributed by atoms with Crippen molar-refractivity contribution in [3.8, 4) is 0 Å². The molecule has 0 aliphatic carbocycles. The number of halogens is 3. The number of piperazine rings is 1. The van der Waals surface area contributed by atoms with Crippen molar-refractivity contribution in [2.75, 3.05) is 46.4 Å². The van der Waals surface area contributed by atoms with E-state index in [9.17, 15) is 27.9 Å². The number of carboxylic acid groups (broad SMARTS) is 2. The zero-order valence-corrected chi connectivity index (χ0v) is 21.2. The molecule has 0 amide bonds. The van der Waals surface area contributed by atoms with E-state index >= 15 is 0 Å². The number of carbonyl (C=O) groups is 3. The molecule has 0 aromatic heterocycles. The number of ether oxygens (including phenoxy) is 1. The number of amidine groups is 1. The largest absolute Gasteiger partial charge is 0.490 e. The molecule has 2 aliphatic heterocycles. The Morgan fingerprint density at radius 3 is 2.32 bits per heavy atom. The molecular weight excluding hydrogens is 511 g/mol. The van der Waals surface area contributed by atoms with E-state index in [1.54, 1.807) is 0 Å². The predicted molar refractivity (Wildman–Crippen MR) is 131 cm³/mol. The first kappa shape index (κ1) is 31.0. The molecule has 2 fully saturated rings. The number of nitrogens with zero attached hydrogens (tertiary/aromatic N) is 2. The van der Waals surface area contributed by atoms with E-state index in [0.717, 1.165) is 31.6 Å². The van der Waals surface area contributed by atoms with Gasteiger partial charge in [0, 0.05) is 56.3 Å². The van der Waals surface area contributed by atoms with Gasteiger partial charge < -0.3 is 26.0 Å². The third-order valence-electron chi connectivity index (χ3n) is 6.84. The van der Waals surface area contributed by atoms with Gasteiger partial charge in [-0.3, -0.25) is 24.8 Å². The van der Waals surface area contributed by atoms with Gasteiger partial charge in [-0.25, -0.2) is 4.79 Å². The summed E-state index contributed by atoms with van der Waals surface area (Å²) in [6.07, 6.45) is -4.29. The van der Waals surface area contributed by atoms with Crippen LogP contribution in [-0.2, 0) is 19.1 Å². The number of benzene rings is 1. The molecule has 4 unspecified atom stereocenters. The van der Waals surface area contributed by atoms with E-state index in [4.69, 9.17) is 25.8 Å². The number of methoxy groups -OCH3 is 1. The third-order valence-corrected chi connectivity index (χ3v) is 6.84. The van der Waals surface area contributed by atoms with Crippen molar-refractivity contribution in [3.63, 3.8) is 0 Å². The molecule has 0 radical (unpaired) electrons. The van der Waals surface area contributed by atoms with Gasteiger partial charge in [0.05, 0.1) is 19.6 Å². The summed E-state index contributed by atoms with van der Waals surface area (Å²) in [5.74, 6) is -4.19. The Kier molecular flexibility index (Phi) is 11.0. The minimum atomic E-state index is -5.08. The zero-order valence-electron chi connectivity index (χ0n) is 21.2. The molecule has 2 saturated heterocycles. The highest BCUT2D eigenvalue weighted by molar-refractivity contribution is 5.94. The van der Waals surface area contributed by atoms with Crippen LogP contribution >= 0.6 is 0 Å². The number of alkyl halides is 3. The summed E-state index contributed by atoms with van der Waals surface area (Å²) in [5, 5.41) is 27.4. The van der Waals surface area contributed by atoms with Gasteiger partial charge in [0.2, 0.25) is 0 Å². The van der Waals surface area contributed by atoms with Gasteiger partial charge in [0.1, 0.15) is 5.84 Å². The smallest absolute Gasteiger partial charge is 0.480 e. The van der Waals surface area contributed by atoms with Crippen LogP contribution in [0.15, 0.2) is 24.3 Å². The number of carbonyl (C=O) groups excluding carboxylic acids is 1. The highest BCUT2D eigenvalue weighted by Gasteiger charge is 2.42. The summed E-state index contributed by atoms with van der Waals surface area (Å²) in [5.41, 5.74) is 7.42. The van der Waals surface area contributed by atoms with Crippen LogP contribution in [-0.4, -0.2) is 102 Å². The second kappa shape index (κ2) is 13.5. The van der Waals surface area contributed by atoms with E-state index in [1.165, 1.54) is 7.11 Å². The number of rotatable bonds is 7. The van der Waals surface area contributed by atoms with Crippen molar-refractivity contribution in [3.05, 3.63) is 35.4 Å². The van der Waals surface area contributed by atoms with Crippen LogP contribution in [0.3, 0.4) is 0 Å². The number of nitrogens with one attached hydrogen (secondary N) is 2. The van der Waals surface area contributed by atoms with Crippen LogP contribution in [0, 0.1) is 17.2 Å². The molecule has 0 spiro atoms. The van der Waals surface area contributed by atoms with Crippen molar-refractivity contribution in [1.82, 2.24) is 15.1 Å². The van der Waals surface area contributed by atoms with Gasteiger partial charge in [-0.2, -0.15) is 13.2 Å².